The van der Waals surface area contributed by atoms with Gasteiger partial charge in [0.2, 0.25) is 11.8 Å². The molecule has 0 radical (unpaired) electrons. The summed E-state index contributed by atoms with van der Waals surface area (Å²) >= 11 is 0. The van der Waals surface area contributed by atoms with Crippen molar-refractivity contribution in [2.75, 3.05) is 42.6 Å². The van der Waals surface area contributed by atoms with Gasteiger partial charge in [-0.15, -0.1) is 0 Å². The molecule has 2 amide bonds. The molecule has 3 aromatic carbocycles. The molecule has 1 unspecified atom stereocenters. The second-order valence-electron chi connectivity index (χ2n) is 10.5. The van der Waals surface area contributed by atoms with Crippen molar-refractivity contribution < 1.29 is 31.9 Å². The SMILES string of the molecule is Nc1ccccc1NC(=O)C=Cc1ccc(C(NCCN2C[C@@H]3C[C@H]2CO3)C(=O)Nc2ccc(C(F)(F)F)c(F)c2)cc1. The maximum absolute atomic E-state index is 14.1. The van der Waals surface area contributed by atoms with E-state index in [1.54, 1.807) is 54.6 Å². The fourth-order valence-corrected chi connectivity index (χ4v) is 5.26. The highest BCUT2D eigenvalue weighted by atomic mass is 19.4. The number of nitrogen functional groups attached to an aromatic ring is 1. The number of nitrogens with one attached hydrogen (secondary N) is 3. The Hall–Kier alpha value is -4.26. The molecular weight excluding hydrogens is 566 g/mol. The third-order valence-electron chi connectivity index (χ3n) is 7.48. The third kappa shape index (κ3) is 7.58. The van der Waals surface area contributed by atoms with Gasteiger partial charge in [-0.05, 0) is 54.0 Å². The summed E-state index contributed by atoms with van der Waals surface area (Å²) in [6.45, 7) is 2.62. The number of morpholine rings is 1. The summed E-state index contributed by atoms with van der Waals surface area (Å²) in [5, 5.41) is 8.47. The predicted molar refractivity (Wildman–Crippen MR) is 155 cm³/mol. The lowest BCUT2D eigenvalue weighted by Gasteiger charge is -2.27. The molecule has 0 saturated carbocycles. The number of para-hydroxylation sites is 2. The summed E-state index contributed by atoms with van der Waals surface area (Å²) in [7, 11) is 0. The quantitative estimate of drug-likeness (QED) is 0.152. The van der Waals surface area contributed by atoms with Crippen molar-refractivity contribution >= 4 is 35.0 Å². The molecule has 2 bridgehead atoms. The highest BCUT2D eigenvalue weighted by molar-refractivity contribution is 6.03. The maximum Gasteiger partial charge on any atom is 0.419 e. The van der Waals surface area contributed by atoms with Crippen molar-refractivity contribution in [3.05, 3.63) is 95.3 Å². The summed E-state index contributed by atoms with van der Waals surface area (Å²) in [4.78, 5) is 28.0. The Morgan fingerprint density at radius 1 is 1.07 bits per heavy atom. The summed E-state index contributed by atoms with van der Waals surface area (Å²) in [5.74, 6) is -2.41. The van der Waals surface area contributed by atoms with E-state index in [0.717, 1.165) is 19.0 Å². The van der Waals surface area contributed by atoms with Gasteiger partial charge >= 0.3 is 6.18 Å². The first-order chi connectivity index (χ1) is 20.6. The van der Waals surface area contributed by atoms with E-state index in [-0.39, 0.29) is 17.7 Å². The molecule has 43 heavy (non-hydrogen) atoms. The Labute approximate surface area is 245 Å². The fourth-order valence-electron chi connectivity index (χ4n) is 5.26. The van der Waals surface area contributed by atoms with E-state index in [1.165, 1.54) is 6.08 Å². The molecule has 8 nitrogen and oxygen atoms in total. The van der Waals surface area contributed by atoms with Crippen molar-refractivity contribution in [2.45, 2.75) is 30.8 Å². The van der Waals surface area contributed by atoms with Crippen LogP contribution in [-0.2, 0) is 20.5 Å². The van der Waals surface area contributed by atoms with Gasteiger partial charge in [-0.25, -0.2) is 4.39 Å². The van der Waals surface area contributed by atoms with Crippen LogP contribution in [0.15, 0.2) is 72.8 Å². The van der Waals surface area contributed by atoms with Crippen molar-refractivity contribution in [1.29, 1.82) is 0 Å². The second-order valence-corrected chi connectivity index (χ2v) is 10.5. The highest BCUT2D eigenvalue weighted by Gasteiger charge is 2.38. The molecule has 0 aliphatic carbocycles. The number of likely N-dealkylation sites (tertiary alicyclic amines) is 1. The first-order valence-corrected chi connectivity index (χ1v) is 13.8. The van der Waals surface area contributed by atoms with E-state index in [1.807, 2.05) is 0 Å². The van der Waals surface area contributed by atoms with Crippen molar-refractivity contribution in [2.24, 2.45) is 0 Å². The number of hydrogen-bond acceptors (Lipinski definition) is 6. The molecule has 5 rings (SSSR count). The number of anilines is 3. The summed E-state index contributed by atoms with van der Waals surface area (Å²) < 4.78 is 58.7. The van der Waals surface area contributed by atoms with Crippen LogP contribution in [0.3, 0.4) is 0 Å². The molecule has 5 N–H and O–H groups in total. The van der Waals surface area contributed by atoms with Crippen LogP contribution in [0, 0.1) is 5.82 Å². The van der Waals surface area contributed by atoms with E-state index in [4.69, 9.17) is 10.5 Å². The van der Waals surface area contributed by atoms with E-state index in [9.17, 15) is 27.2 Å². The van der Waals surface area contributed by atoms with Gasteiger partial charge in [0.1, 0.15) is 11.9 Å². The molecule has 2 aliphatic rings. The maximum atomic E-state index is 14.1. The number of nitrogens with zero attached hydrogens (tertiary/aromatic N) is 1. The van der Waals surface area contributed by atoms with Crippen LogP contribution in [0.5, 0.6) is 0 Å². The molecule has 0 aromatic heterocycles. The minimum Gasteiger partial charge on any atom is -0.397 e. The van der Waals surface area contributed by atoms with Gasteiger partial charge in [-0.3, -0.25) is 14.5 Å². The Bertz CT molecular complexity index is 1500. The Balaban J connectivity index is 1.27. The van der Waals surface area contributed by atoms with Crippen LogP contribution >= 0.6 is 0 Å². The number of benzene rings is 3. The normalized spacial score (nSPS) is 19.1. The summed E-state index contributed by atoms with van der Waals surface area (Å²) in [6.07, 6.45) is -0.670. The van der Waals surface area contributed by atoms with Gasteiger partial charge in [0.05, 0.1) is 29.6 Å². The summed E-state index contributed by atoms with van der Waals surface area (Å²) in [6, 6.07) is 15.5. The Kier molecular flexibility index (Phi) is 9.09. The van der Waals surface area contributed by atoms with Crippen molar-refractivity contribution in [3.8, 4) is 0 Å². The van der Waals surface area contributed by atoms with E-state index >= 15 is 0 Å². The Morgan fingerprint density at radius 3 is 2.49 bits per heavy atom. The third-order valence-corrected chi connectivity index (χ3v) is 7.48. The van der Waals surface area contributed by atoms with Crippen LogP contribution in [0.4, 0.5) is 34.6 Å². The van der Waals surface area contributed by atoms with Crippen molar-refractivity contribution in [3.63, 3.8) is 0 Å². The number of halogens is 4. The average molecular weight is 598 g/mol. The van der Waals surface area contributed by atoms with Crippen LogP contribution < -0.4 is 21.7 Å². The smallest absolute Gasteiger partial charge is 0.397 e. The molecule has 2 heterocycles. The van der Waals surface area contributed by atoms with Gasteiger partial charge in [0.25, 0.3) is 0 Å². The zero-order chi connectivity index (χ0) is 30.6. The predicted octanol–water partition coefficient (Wildman–Crippen LogP) is 4.82. The van der Waals surface area contributed by atoms with E-state index in [0.29, 0.717) is 60.4 Å². The molecule has 226 valence electrons. The lowest BCUT2D eigenvalue weighted by Crippen LogP contribution is -2.43. The topological polar surface area (TPSA) is 109 Å². The van der Waals surface area contributed by atoms with Crippen LogP contribution in [-0.4, -0.2) is 55.1 Å². The zero-order valence-corrected chi connectivity index (χ0v) is 23.0. The van der Waals surface area contributed by atoms with Gasteiger partial charge in [-0.2, -0.15) is 13.2 Å². The lowest BCUT2D eigenvalue weighted by atomic mass is 10.0. The van der Waals surface area contributed by atoms with E-state index < -0.39 is 29.5 Å². The molecular formula is C31H31F4N5O3. The van der Waals surface area contributed by atoms with Crippen molar-refractivity contribution in [1.82, 2.24) is 10.2 Å². The number of amides is 2. The minimum atomic E-state index is -4.84. The largest absolute Gasteiger partial charge is 0.419 e. The van der Waals surface area contributed by atoms with Gasteiger partial charge in [-0.1, -0.05) is 36.4 Å². The lowest BCUT2D eigenvalue weighted by molar-refractivity contribution is -0.140. The molecule has 12 heteroatoms. The van der Waals surface area contributed by atoms with Crippen LogP contribution in [0.1, 0.15) is 29.2 Å². The van der Waals surface area contributed by atoms with E-state index in [2.05, 4.69) is 20.9 Å². The van der Waals surface area contributed by atoms with Crippen LogP contribution in [0.25, 0.3) is 6.08 Å². The molecule has 2 saturated heterocycles. The monoisotopic (exact) mass is 597 g/mol. The molecule has 3 aromatic rings. The van der Waals surface area contributed by atoms with Gasteiger partial charge < -0.3 is 26.4 Å². The Morgan fingerprint density at radius 2 is 1.84 bits per heavy atom. The van der Waals surface area contributed by atoms with Gasteiger partial charge in [0, 0.05) is 37.4 Å². The molecule has 2 aliphatic heterocycles. The molecule has 0 spiro atoms. The first kappa shape index (κ1) is 30.2. The number of nitrogens with two attached hydrogens (primary N) is 1. The number of rotatable bonds is 10. The minimum absolute atomic E-state index is 0.0964. The zero-order valence-electron chi connectivity index (χ0n) is 23.0. The standard InChI is InChI=1S/C31H31F4N5O3/c32-25-15-21(10-11-24(25)31(33,34)35)38-30(42)29(37-13-14-40-17-23-16-22(40)18-43-23)20-8-5-19(6-9-20)7-12-28(41)39-27-4-2-1-3-26(27)36/h1-12,15,22-23,29,37H,13-14,16-18,36H2,(H,38,42)(H,39,41)/t22-,23-,29?/m0/s1. The summed E-state index contributed by atoms with van der Waals surface area (Å²) in [5.41, 5.74) is 6.56. The second kappa shape index (κ2) is 12.9. The highest BCUT2D eigenvalue weighted by Crippen LogP contribution is 2.33. The molecule has 2 fully saturated rings. The number of fused-ring (bicyclic) bond motifs is 2. The number of carbonyl (C=O) groups excluding carboxylic acids is 2. The number of carbonyl (C=O) groups is 2. The fraction of sp³-hybridized carbons (Fsp3) is 0.290. The number of hydrogen-bond donors (Lipinski definition) is 4. The first-order valence-electron chi connectivity index (χ1n) is 13.8. The van der Waals surface area contributed by atoms with Gasteiger partial charge in [0.15, 0.2) is 0 Å². The average Bonchev–Trinajstić information content (AvgIpc) is 3.59. The number of alkyl halides is 3. The van der Waals surface area contributed by atoms with Crippen LogP contribution in [0.2, 0.25) is 0 Å². The number of ether oxygens (including phenoxy) is 1. The molecule has 3 atom stereocenters.